The first-order chi connectivity index (χ1) is 8.34. The van der Waals surface area contributed by atoms with Crippen LogP contribution in [0.15, 0.2) is 4.52 Å². The number of rotatable bonds is 2. The fourth-order valence-corrected chi connectivity index (χ4v) is 3.30. The van der Waals surface area contributed by atoms with E-state index in [1.807, 2.05) is 11.8 Å². The zero-order valence-corrected chi connectivity index (χ0v) is 10.5. The molecule has 2 fully saturated rings. The van der Waals surface area contributed by atoms with Gasteiger partial charge in [0, 0.05) is 17.5 Å². The lowest BCUT2D eigenvalue weighted by Gasteiger charge is -2.18. The quantitative estimate of drug-likeness (QED) is 0.862. The number of aromatic nitrogens is 2. The molecule has 3 atom stereocenters. The molecule has 2 heterocycles. The molecule has 1 aromatic rings. The minimum Gasteiger partial charge on any atom is -0.368 e. The van der Waals surface area contributed by atoms with Gasteiger partial charge in [0.05, 0.1) is 12.5 Å². The largest absolute Gasteiger partial charge is 0.368 e. The molecular formula is C11H17N3O2S. The minimum absolute atomic E-state index is 0.0103. The van der Waals surface area contributed by atoms with Gasteiger partial charge in [-0.3, -0.25) is 0 Å². The zero-order chi connectivity index (χ0) is 11.7. The average molecular weight is 255 g/mol. The van der Waals surface area contributed by atoms with Crippen molar-refractivity contribution < 1.29 is 9.26 Å². The van der Waals surface area contributed by atoms with Crippen molar-refractivity contribution in [3.05, 3.63) is 11.7 Å². The standard InChI is InChI=1S/C11H17N3O2S/c12-8-3-1-2-7(8)11-13-10(14-16-11)9-6-17-5-4-15-9/h7-9H,1-6,12H2. The van der Waals surface area contributed by atoms with Crippen LogP contribution in [0.2, 0.25) is 0 Å². The Kier molecular flexibility index (Phi) is 3.35. The lowest BCUT2D eigenvalue weighted by atomic mass is 10.1. The molecule has 0 radical (unpaired) electrons. The summed E-state index contributed by atoms with van der Waals surface area (Å²) < 4.78 is 11.0. The van der Waals surface area contributed by atoms with Gasteiger partial charge in [-0.1, -0.05) is 11.6 Å². The third-order valence-electron chi connectivity index (χ3n) is 3.45. The predicted molar refractivity (Wildman–Crippen MR) is 64.9 cm³/mol. The summed E-state index contributed by atoms with van der Waals surface area (Å²) in [7, 11) is 0. The summed E-state index contributed by atoms with van der Waals surface area (Å²) in [6.07, 6.45) is 3.25. The number of nitrogens with two attached hydrogens (primary N) is 1. The van der Waals surface area contributed by atoms with Gasteiger partial charge in [0.2, 0.25) is 11.7 Å². The van der Waals surface area contributed by atoms with Crippen LogP contribution in [0.4, 0.5) is 0 Å². The van der Waals surface area contributed by atoms with Gasteiger partial charge in [0.1, 0.15) is 6.10 Å². The summed E-state index contributed by atoms with van der Waals surface area (Å²) in [4.78, 5) is 4.47. The molecule has 0 aromatic carbocycles. The van der Waals surface area contributed by atoms with Gasteiger partial charge in [0.25, 0.3) is 0 Å². The highest BCUT2D eigenvalue weighted by Gasteiger charge is 2.31. The van der Waals surface area contributed by atoms with Crippen LogP contribution in [0.25, 0.3) is 0 Å². The van der Waals surface area contributed by atoms with E-state index in [9.17, 15) is 0 Å². The van der Waals surface area contributed by atoms with Crippen molar-refractivity contribution in [1.82, 2.24) is 10.1 Å². The normalized spacial score (nSPS) is 34.1. The van der Waals surface area contributed by atoms with E-state index in [-0.39, 0.29) is 18.1 Å². The van der Waals surface area contributed by atoms with Gasteiger partial charge >= 0.3 is 0 Å². The highest BCUT2D eigenvalue weighted by molar-refractivity contribution is 7.99. The lowest BCUT2D eigenvalue weighted by Crippen LogP contribution is -2.23. The van der Waals surface area contributed by atoms with Crippen LogP contribution in [-0.4, -0.2) is 34.3 Å². The van der Waals surface area contributed by atoms with Crippen LogP contribution < -0.4 is 5.73 Å². The van der Waals surface area contributed by atoms with E-state index < -0.39 is 0 Å². The topological polar surface area (TPSA) is 74.2 Å². The van der Waals surface area contributed by atoms with Crippen molar-refractivity contribution in [2.24, 2.45) is 5.73 Å². The monoisotopic (exact) mass is 255 g/mol. The maximum atomic E-state index is 6.04. The van der Waals surface area contributed by atoms with Crippen molar-refractivity contribution in [2.45, 2.75) is 37.3 Å². The van der Waals surface area contributed by atoms with Gasteiger partial charge in [-0.25, -0.2) is 0 Å². The zero-order valence-electron chi connectivity index (χ0n) is 9.67. The second kappa shape index (κ2) is 4.96. The first-order valence-electron chi connectivity index (χ1n) is 6.13. The molecule has 0 spiro atoms. The first-order valence-corrected chi connectivity index (χ1v) is 7.28. The molecule has 6 heteroatoms. The number of thioether (sulfide) groups is 1. The molecule has 1 aliphatic carbocycles. The second-order valence-electron chi connectivity index (χ2n) is 4.63. The van der Waals surface area contributed by atoms with Crippen LogP contribution in [0.1, 0.15) is 43.0 Å². The summed E-state index contributed by atoms with van der Waals surface area (Å²) in [6, 6.07) is 0.171. The molecule has 1 aromatic heterocycles. The maximum absolute atomic E-state index is 6.04. The number of ether oxygens (including phenoxy) is 1. The molecule has 3 unspecified atom stereocenters. The molecule has 0 bridgehead atoms. The van der Waals surface area contributed by atoms with Crippen molar-refractivity contribution in [2.75, 3.05) is 18.1 Å². The van der Waals surface area contributed by atoms with E-state index in [4.69, 9.17) is 15.0 Å². The van der Waals surface area contributed by atoms with Gasteiger partial charge in [-0.15, -0.1) is 0 Å². The molecule has 5 nitrogen and oxygen atoms in total. The van der Waals surface area contributed by atoms with Crippen molar-refractivity contribution in [3.63, 3.8) is 0 Å². The van der Waals surface area contributed by atoms with E-state index >= 15 is 0 Å². The molecule has 0 amide bonds. The Labute approximate surface area is 104 Å². The van der Waals surface area contributed by atoms with Crippen molar-refractivity contribution >= 4 is 11.8 Å². The number of hydrogen-bond donors (Lipinski definition) is 1. The molecular weight excluding hydrogens is 238 g/mol. The van der Waals surface area contributed by atoms with Crippen LogP contribution in [0, 0.1) is 0 Å². The third-order valence-corrected chi connectivity index (χ3v) is 4.44. The van der Waals surface area contributed by atoms with Crippen LogP contribution in [0.5, 0.6) is 0 Å². The summed E-state index contributed by atoms with van der Waals surface area (Å²) in [5.41, 5.74) is 6.04. The molecule has 2 aliphatic rings. The third kappa shape index (κ3) is 2.34. The summed E-state index contributed by atoms with van der Waals surface area (Å²) in [5.74, 6) is 3.59. The smallest absolute Gasteiger partial charge is 0.231 e. The highest BCUT2D eigenvalue weighted by atomic mass is 32.2. The number of nitrogens with zero attached hydrogens (tertiary/aromatic N) is 2. The Bertz CT molecular complexity index is 379. The molecule has 3 rings (SSSR count). The van der Waals surface area contributed by atoms with Crippen LogP contribution >= 0.6 is 11.8 Å². The van der Waals surface area contributed by atoms with Gasteiger partial charge in [-0.2, -0.15) is 16.7 Å². The summed E-state index contributed by atoms with van der Waals surface area (Å²) in [6.45, 7) is 0.766. The molecule has 17 heavy (non-hydrogen) atoms. The lowest BCUT2D eigenvalue weighted by molar-refractivity contribution is 0.0677. The van der Waals surface area contributed by atoms with E-state index in [1.165, 1.54) is 0 Å². The fraction of sp³-hybridized carbons (Fsp3) is 0.818. The number of hydrogen-bond acceptors (Lipinski definition) is 6. The van der Waals surface area contributed by atoms with Crippen LogP contribution in [-0.2, 0) is 4.74 Å². The SMILES string of the molecule is NC1CCCC1c1nc(C2CSCCO2)no1. The molecule has 1 aliphatic heterocycles. The Balaban J connectivity index is 1.73. The van der Waals surface area contributed by atoms with Gasteiger partial charge in [0.15, 0.2) is 0 Å². The predicted octanol–water partition coefficient (Wildman–Crippen LogP) is 1.47. The van der Waals surface area contributed by atoms with E-state index in [0.717, 1.165) is 37.4 Å². The van der Waals surface area contributed by atoms with Gasteiger partial charge in [-0.05, 0) is 12.8 Å². The molecule has 94 valence electrons. The summed E-state index contributed by atoms with van der Waals surface area (Å²) in [5, 5.41) is 4.04. The Morgan fingerprint density at radius 1 is 1.35 bits per heavy atom. The van der Waals surface area contributed by atoms with Crippen LogP contribution in [0.3, 0.4) is 0 Å². The Hall–Kier alpha value is -0.590. The van der Waals surface area contributed by atoms with E-state index in [2.05, 4.69) is 10.1 Å². The molecule has 1 saturated carbocycles. The Morgan fingerprint density at radius 2 is 2.29 bits per heavy atom. The summed E-state index contributed by atoms with van der Waals surface area (Å²) >= 11 is 1.87. The van der Waals surface area contributed by atoms with Crippen molar-refractivity contribution in [3.8, 4) is 0 Å². The Morgan fingerprint density at radius 3 is 3.00 bits per heavy atom. The average Bonchev–Trinajstić information content (AvgIpc) is 2.98. The first kappa shape index (κ1) is 11.5. The fourth-order valence-electron chi connectivity index (χ4n) is 2.46. The molecule has 2 N–H and O–H groups in total. The highest BCUT2D eigenvalue weighted by Crippen LogP contribution is 2.33. The maximum Gasteiger partial charge on any atom is 0.231 e. The second-order valence-corrected chi connectivity index (χ2v) is 5.78. The van der Waals surface area contributed by atoms with Crippen molar-refractivity contribution in [1.29, 1.82) is 0 Å². The van der Waals surface area contributed by atoms with Gasteiger partial charge < -0.3 is 15.0 Å². The minimum atomic E-state index is -0.0103. The van der Waals surface area contributed by atoms with E-state index in [1.54, 1.807) is 0 Å². The molecule has 1 saturated heterocycles. The van der Waals surface area contributed by atoms with E-state index in [0.29, 0.717) is 11.7 Å².